The molecule has 1 aliphatic heterocycles. The lowest BCUT2D eigenvalue weighted by molar-refractivity contribution is -0.126. The number of nitrogens with one attached hydrogen (secondary N) is 3. The number of alkyl carbamates (subject to hydrolysis) is 1. The summed E-state index contributed by atoms with van der Waals surface area (Å²) in [5.41, 5.74) is 0.907. The van der Waals surface area contributed by atoms with E-state index in [-0.39, 0.29) is 30.3 Å². The van der Waals surface area contributed by atoms with Crippen LogP contribution in [0.15, 0.2) is 30.3 Å². The molecule has 1 heterocycles. The maximum Gasteiger partial charge on any atom is 0.408 e. The van der Waals surface area contributed by atoms with E-state index in [1.54, 1.807) is 0 Å². The number of carbonyl (C=O) groups excluding carboxylic acids is 3. The molecule has 0 bridgehead atoms. The van der Waals surface area contributed by atoms with Crippen LogP contribution in [0.4, 0.5) is 4.79 Å². The van der Waals surface area contributed by atoms with Crippen molar-refractivity contribution in [3.63, 3.8) is 0 Å². The molecule has 3 amide bonds. The van der Waals surface area contributed by atoms with Crippen molar-refractivity contribution in [2.45, 2.75) is 71.1 Å². The van der Waals surface area contributed by atoms with Gasteiger partial charge in [-0.3, -0.25) is 9.59 Å². The van der Waals surface area contributed by atoms with Crippen LogP contribution in [0.25, 0.3) is 0 Å². The van der Waals surface area contributed by atoms with Crippen molar-refractivity contribution in [2.75, 3.05) is 13.2 Å². The van der Waals surface area contributed by atoms with Gasteiger partial charge >= 0.3 is 6.09 Å². The summed E-state index contributed by atoms with van der Waals surface area (Å²) in [6.07, 6.45) is 1.94. The Balaban J connectivity index is 2.00. The van der Waals surface area contributed by atoms with E-state index >= 15 is 0 Å². The third kappa shape index (κ3) is 8.15. The Morgan fingerprint density at radius 1 is 1.22 bits per heavy atom. The fourth-order valence-electron chi connectivity index (χ4n) is 3.93. The minimum atomic E-state index is -0.799. The van der Waals surface area contributed by atoms with E-state index in [1.807, 2.05) is 51.1 Å². The van der Waals surface area contributed by atoms with E-state index in [0.717, 1.165) is 12.0 Å². The minimum absolute atomic E-state index is 0.0546. The third-order valence-electron chi connectivity index (χ3n) is 5.59. The number of ether oxygens (including phenoxy) is 1. The van der Waals surface area contributed by atoms with E-state index in [9.17, 15) is 19.5 Å². The first-order chi connectivity index (χ1) is 15.3. The molecule has 2 rings (SSSR count). The highest BCUT2D eigenvalue weighted by Crippen LogP contribution is 2.23. The van der Waals surface area contributed by atoms with Crippen LogP contribution in [0, 0.1) is 11.8 Å². The lowest BCUT2D eigenvalue weighted by Crippen LogP contribution is -2.51. The van der Waals surface area contributed by atoms with E-state index < -0.39 is 24.3 Å². The van der Waals surface area contributed by atoms with E-state index in [1.165, 1.54) is 0 Å². The van der Waals surface area contributed by atoms with E-state index in [0.29, 0.717) is 32.2 Å². The lowest BCUT2D eigenvalue weighted by atomic mass is 9.97. The van der Waals surface area contributed by atoms with E-state index in [4.69, 9.17) is 4.74 Å². The first-order valence-electron chi connectivity index (χ1n) is 11.5. The van der Waals surface area contributed by atoms with Gasteiger partial charge in [-0.2, -0.15) is 0 Å². The molecule has 1 saturated heterocycles. The van der Waals surface area contributed by atoms with Crippen molar-refractivity contribution in [2.24, 2.45) is 11.8 Å². The molecule has 0 aliphatic carbocycles. The zero-order valence-electron chi connectivity index (χ0n) is 19.3. The van der Waals surface area contributed by atoms with Crippen LogP contribution in [0.5, 0.6) is 0 Å². The predicted molar refractivity (Wildman–Crippen MR) is 122 cm³/mol. The molecule has 0 saturated carbocycles. The average molecular weight is 448 g/mol. The summed E-state index contributed by atoms with van der Waals surface area (Å²) in [7, 11) is 0. The number of amides is 3. The fourth-order valence-corrected chi connectivity index (χ4v) is 3.93. The number of aliphatic hydroxyl groups is 1. The maximum atomic E-state index is 12.9. The van der Waals surface area contributed by atoms with Gasteiger partial charge in [0, 0.05) is 12.5 Å². The fraction of sp³-hybridized carbons (Fsp3) is 0.625. The summed E-state index contributed by atoms with van der Waals surface area (Å²) in [5.74, 6) is -0.518. The van der Waals surface area contributed by atoms with Crippen molar-refractivity contribution in [3.05, 3.63) is 35.9 Å². The summed E-state index contributed by atoms with van der Waals surface area (Å²) in [4.78, 5) is 37.4. The number of carbonyl (C=O) groups is 3. The molecule has 0 radical (unpaired) electrons. The highest BCUT2D eigenvalue weighted by atomic mass is 16.6. The standard InChI is InChI=1S/C24H37N3O5/c1-4-8-21(17-9-6-5-7-10-17)32-24(31)27-20(13-16(2)3)23(30)26-19(15-28)14-18-11-12-25-22(18)29/h5-7,9-10,16,18-21,28H,4,8,11-15H2,1-3H3,(H,25,29)(H,26,30)(H,27,31)/t18-,19-,20-,21?/m0/s1. The van der Waals surface area contributed by atoms with E-state index in [2.05, 4.69) is 16.0 Å². The Morgan fingerprint density at radius 3 is 2.50 bits per heavy atom. The number of benzene rings is 1. The molecule has 0 aromatic heterocycles. The van der Waals surface area contributed by atoms with Crippen molar-refractivity contribution < 1.29 is 24.2 Å². The molecule has 1 aromatic carbocycles. The SMILES string of the molecule is CCCC(OC(=O)N[C@@H](CC(C)C)C(=O)N[C@H](CO)C[C@@H]1CCNC1=O)c1ccccc1. The zero-order chi connectivity index (χ0) is 23.5. The van der Waals surface area contributed by atoms with Gasteiger partial charge in [-0.05, 0) is 37.2 Å². The van der Waals surface area contributed by atoms with Crippen LogP contribution in [0.1, 0.15) is 64.5 Å². The van der Waals surface area contributed by atoms with Gasteiger partial charge in [0.05, 0.1) is 12.6 Å². The van der Waals surface area contributed by atoms with Gasteiger partial charge in [-0.25, -0.2) is 4.79 Å². The molecule has 1 aromatic rings. The third-order valence-corrected chi connectivity index (χ3v) is 5.59. The first-order valence-corrected chi connectivity index (χ1v) is 11.5. The molecule has 178 valence electrons. The molecule has 8 nitrogen and oxygen atoms in total. The Morgan fingerprint density at radius 2 is 1.94 bits per heavy atom. The number of hydrogen-bond donors (Lipinski definition) is 4. The molecule has 1 unspecified atom stereocenters. The van der Waals surface area contributed by atoms with Gasteiger partial charge in [-0.1, -0.05) is 57.5 Å². The second-order valence-corrected chi connectivity index (χ2v) is 8.82. The molecule has 8 heteroatoms. The topological polar surface area (TPSA) is 117 Å². The molecule has 32 heavy (non-hydrogen) atoms. The Labute approximate surface area is 190 Å². The average Bonchev–Trinajstić information content (AvgIpc) is 3.17. The summed E-state index contributed by atoms with van der Waals surface area (Å²) in [6.45, 7) is 6.28. The lowest BCUT2D eigenvalue weighted by Gasteiger charge is -2.25. The Kier molecular flexibility index (Phi) is 10.5. The molecular formula is C24H37N3O5. The normalized spacial score (nSPS) is 18.5. The molecule has 1 fully saturated rings. The van der Waals surface area contributed by atoms with Crippen LogP contribution in [0.2, 0.25) is 0 Å². The number of aliphatic hydroxyl groups excluding tert-OH is 1. The maximum absolute atomic E-state index is 12.9. The number of hydrogen-bond acceptors (Lipinski definition) is 5. The highest BCUT2D eigenvalue weighted by molar-refractivity contribution is 5.86. The van der Waals surface area contributed by atoms with Gasteiger partial charge in [0.25, 0.3) is 0 Å². The second-order valence-electron chi connectivity index (χ2n) is 8.82. The first kappa shape index (κ1) is 25.6. The summed E-state index contributed by atoms with van der Waals surface area (Å²) in [5, 5.41) is 18.0. The Hall–Kier alpha value is -2.61. The van der Waals surface area contributed by atoms with Gasteiger partial charge in [0.2, 0.25) is 11.8 Å². The largest absolute Gasteiger partial charge is 0.441 e. The quantitative estimate of drug-likeness (QED) is 0.393. The van der Waals surface area contributed by atoms with Crippen LogP contribution >= 0.6 is 0 Å². The minimum Gasteiger partial charge on any atom is -0.441 e. The van der Waals surface area contributed by atoms with Crippen molar-refractivity contribution in [3.8, 4) is 0 Å². The van der Waals surface area contributed by atoms with Gasteiger partial charge in [0.15, 0.2) is 0 Å². The van der Waals surface area contributed by atoms with Gasteiger partial charge in [0.1, 0.15) is 12.1 Å². The second kappa shape index (κ2) is 13.1. The smallest absolute Gasteiger partial charge is 0.408 e. The van der Waals surface area contributed by atoms with Crippen LogP contribution in [-0.4, -0.2) is 48.2 Å². The van der Waals surface area contributed by atoms with Crippen molar-refractivity contribution >= 4 is 17.9 Å². The van der Waals surface area contributed by atoms with Crippen molar-refractivity contribution in [1.29, 1.82) is 0 Å². The summed E-state index contributed by atoms with van der Waals surface area (Å²) in [6, 6.07) is 8.17. The molecular weight excluding hydrogens is 410 g/mol. The molecule has 1 aliphatic rings. The zero-order valence-corrected chi connectivity index (χ0v) is 19.3. The van der Waals surface area contributed by atoms with Gasteiger partial charge < -0.3 is 25.8 Å². The van der Waals surface area contributed by atoms with Crippen LogP contribution in [-0.2, 0) is 14.3 Å². The summed E-state index contributed by atoms with van der Waals surface area (Å²) >= 11 is 0. The summed E-state index contributed by atoms with van der Waals surface area (Å²) < 4.78 is 5.66. The molecule has 0 spiro atoms. The molecule has 4 N–H and O–H groups in total. The van der Waals surface area contributed by atoms with Crippen LogP contribution < -0.4 is 16.0 Å². The van der Waals surface area contributed by atoms with Gasteiger partial charge in [-0.15, -0.1) is 0 Å². The highest BCUT2D eigenvalue weighted by Gasteiger charge is 2.30. The Bertz CT molecular complexity index is 740. The number of rotatable bonds is 12. The van der Waals surface area contributed by atoms with Crippen molar-refractivity contribution in [1.82, 2.24) is 16.0 Å². The monoisotopic (exact) mass is 447 g/mol. The van der Waals surface area contributed by atoms with Crippen LogP contribution in [0.3, 0.4) is 0 Å². The molecule has 4 atom stereocenters. The predicted octanol–water partition coefficient (Wildman–Crippen LogP) is 2.67.